The molecule has 0 radical (unpaired) electrons. The van der Waals surface area contributed by atoms with Crippen molar-refractivity contribution >= 4 is 57.4 Å². The molecule has 1 aromatic carbocycles. The highest BCUT2D eigenvalue weighted by atomic mass is 32.2. The van der Waals surface area contributed by atoms with Crippen molar-refractivity contribution in [2.75, 3.05) is 17.7 Å². The molecule has 35 heavy (non-hydrogen) atoms. The fraction of sp³-hybridized carbons (Fsp3) is 0.318. The fourth-order valence-corrected chi connectivity index (χ4v) is 5.92. The van der Waals surface area contributed by atoms with Gasteiger partial charge in [-0.3, -0.25) is 19.3 Å². The van der Waals surface area contributed by atoms with Gasteiger partial charge in [0.15, 0.2) is 20.6 Å². The molecule has 1 fully saturated rings. The van der Waals surface area contributed by atoms with E-state index < -0.39 is 5.82 Å². The van der Waals surface area contributed by atoms with E-state index in [4.69, 9.17) is 21.9 Å². The number of aryl methyl sites for hydroxylation is 1. The van der Waals surface area contributed by atoms with Gasteiger partial charge in [-0.25, -0.2) is 9.37 Å². The number of carbonyl (C=O) groups excluding carboxylic acids is 1. The minimum atomic E-state index is -0.419. The van der Waals surface area contributed by atoms with Crippen LogP contribution >= 0.6 is 35.3 Å². The SMILES string of the molecule is Cc1cc(NC(=O)CSc2nc3c(sc(=S)n3C[C@@H]3CCCO3)c(=O)n2-c2ccc(F)cc2)n[nH]1. The van der Waals surface area contributed by atoms with E-state index in [1.54, 1.807) is 6.07 Å². The monoisotopic (exact) mass is 532 g/mol. The average Bonchev–Trinajstić information content (AvgIpc) is 3.56. The quantitative estimate of drug-likeness (QED) is 0.210. The lowest BCUT2D eigenvalue weighted by Gasteiger charge is -2.14. The Labute approximate surface area is 212 Å². The van der Waals surface area contributed by atoms with Gasteiger partial charge in [0.05, 0.1) is 24.1 Å². The van der Waals surface area contributed by atoms with Crippen LogP contribution in [0.5, 0.6) is 0 Å². The second-order valence-corrected chi connectivity index (χ2v) is 10.6. The Hall–Kier alpha value is -2.87. The molecule has 1 aliphatic heterocycles. The van der Waals surface area contributed by atoms with Crippen LogP contribution in [-0.2, 0) is 16.1 Å². The van der Waals surface area contributed by atoms with Gasteiger partial charge < -0.3 is 14.6 Å². The van der Waals surface area contributed by atoms with Crippen LogP contribution in [0.4, 0.5) is 10.2 Å². The Morgan fingerprint density at radius 3 is 2.89 bits per heavy atom. The maximum Gasteiger partial charge on any atom is 0.278 e. The molecule has 9 nitrogen and oxygen atoms in total. The van der Waals surface area contributed by atoms with Gasteiger partial charge in [-0.1, -0.05) is 23.1 Å². The molecule has 0 aliphatic carbocycles. The number of ether oxygens (including phenoxy) is 1. The molecular weight excluding hydrogens is 511 g/mol. The number of nitrogens with zero attached hydrogens (tertiary/aromatic N) is 4. The van der Waals surface area contributed by atoms with Crippen molar-refractivity contribution in [1.29, 1.82) is 0 Å². The molecule has 1 amide bonds. The van der Waals surface area contributed by atoms with Crippen LogP contribution in [0, 0.1) is 16.7 Å². The number of H-pyrrole nitrogens is 1. The summed E-state index contributed by atoms with van der Waals surface area (Å²) >= 11 is 7.85. The first kappa shape index (κ1) is 23.9. The van der Waals surface area contributed by atoms with E-state index in [1.807, 2.05) is 11.5 Å². The second kappa shape index (κ2) is 10.0. The van der Waals surface area contributed by atoms with Crippen LogP contribution in [0.3, 0.4) is 0 Å². The molecule has 0 spiro atoms. The molecule has 1 atom stereocenters. The number of thioether (sulfide) groups is 1. The molecular formula is C22H21FN6O3S3. The van der Waals surface area contributed by atoms with Crippen LogP contribution in [-0.4, -0.2) is 48.7 Å². The highest BCUT2D eigenvalue weighted by Gasteiger charge is 2.22. The second-order valence-electron chi connectivity index (χ2n) is 8.05. The minimum Gasteiger partial charge on any atom is -0.376 e. The summed E-state index contributed by atoms with van der Waals surface area (Å²) in [6, 6.07) is 7.27. The standard InChI is InChI=1S/C22H21FN6O3S3/c1-12-9-16(27-26-12)24-17(30)11-34-21-25-19-18(20(31)29(21)14-6-4-13(23)5-7-14)35-22(33)28(19)10-15-3-2-8-32-15/h4-7,9,15H,2-3,8,10-11H2,1H3,(H2,24,26,27,30)/t15-/m0/s1. The maximum atomic E-state index is 13.6. The summed E-state index contributed by atoms with van der Waals surface area (Å²) in [6.45, 7) is 3.05. The zero-order chi connectivity index (χ0) is 24.5. The summed E-state index contributed by atoms with van der Waals surface area (Å²) in [6.07, 6.45) is 1.91. The highest BCUT2D eigenvalue weighted by molar-refractivity contribution is 7.99. The summed E-state index contributed by atoms with van der Waals surface area (Å²) < 4.78 is 23.5. The van der Waals surface area contributed by atoms with E-state index >= 15 is 0 Å². The Kier molecular flexibility index (Phi) is 6.82. The third-order valence-electron chi connectivity index (χ3n) is 5.46. The normalized spacial score (nSPS) is 15.7. The summed E-state index contributed by atoms with van der Waals surface area (Å²) in [5.74, 6) is -0.322. The first-order chi connectivity index (χ1) is 16.9. The Bertz CT molecular complexity index is 1500. The van der Waals surface area contributed by atoms with E-state index in [0.717, 1.165) is 30.3 Å². The molecule has 0 bridgehead atoms. The number of benzene rings is 1. The van der Waals surface area contributed by atoms with Gasteiger partial charge in [0.1, 0.15) is 10.5 Å². The molecule has 0 saturated carbocycles. The lowest BCUT2D eigenvalue weighted by atomic mass is 10.2. The maximum absolute atomic E-state index is 13.6. The molecule has 2 N–H and O–H groups in total. The summed E-state index contributed by atoms with van der Waals surface area (Å²) in [4.78, 5) is 30.9. The molecule has 182 valence electrons. The topological polar surface area (TPSA) is 107 Å². The number of halogens is 1. The van der Waals surface area contributed by atoms with Gasteiger partial charge in [0.2, 0.25) is 5.91 Å². The molecule has 5 rings (SSSR count). The Morgan fingerprint density at radius 1 is 1.40 bits per heavy atom. The minimum absolute atomic E-state index is 0.0122. The zero-order valence-electron chi connectivity index (χ0n) is 18.6. The Balaban J connectivity index is 1.53. The number of rotatable bonds is 7. The van der Waals surface area contributed by atoms with E-state index in [1.165, 1.54) is 40.2 Å². The van der Waals surface area contributed by atoms with Gasteiger partial charge >= 0.3 is 0 Å². The number of anilines is 1. The largest absolute Gasteiger partial charge is 0.376 e. The molecule has 4 heterocycles. The molecule has 3 aromatic heterocycles. The van der Waals surface area contributed by atoms with Gasteiger partial charge in [-0.15, -0.1) is 0 Å². The van der Waals surface area contributed by atoms with E-state index in [2.05, 4.69) is 15.5 Å². The number of amides is 1. The van der Waals surface area contributed by atoms with Crippen LogP contribution in [0.15, 0.2) is 40.3 Å². The number of aromatic amines is 1. The van der Waals surface area contributed by atoms with Gasteiger partial charge in [-0.05, 0) is 56.2 Å². The number of fused-ring (bicyclic) bond motifs is 1. The molecule has 1 saturated heterocycles. The number of hydrogen-bond acceptors (Lipinski definition) is 8. The zero-order valence-corrected chi connectivity index (χ0v) is 21.1. The predicted molar refractivity (Wildman–Crippen MR) is 136 cm³/mol. The van der Waals surface area contributed by atoms with Crippen molar-refractivity contribution in [3.8, 4) is 5.69 Å². The predicted octanol–water partition coefficient (Wildman–Crippen LogP) is 4.06. The van der Waals surface area contributed by atoms with Crippen LogP contribution < -0.4 is 10.9 Å². The van der Waals surface area contributed by atoms with Gasteiger partial charge in [0, 0.05) is 18.4 Å². The van der Waals surface area contributed by atoms with Crippen molar-refractivity contribution in [1.82, 2.24) is 24.3 Å². The molecule has 0 unspecified atom stereocenters. The smallest absolute Gasteiger partial charge is 0.278 e. The molecule has 4 aromatic rings. The number of carbonyl (C=O) groups is 1. The Morgan fingerprint density at radius 2 is 2.20 bits per heavy atom. The lowest BCUT2D eigenvalue weighted by molar-refractivity contribution is -0.113. The first-order valence-electron chi connectivity index (χ1n) is 10.9. The van der Waals surface area contributed by atoms with E-state index in [-0.39, 0.29) is 23.3 Å². The van der Waals surface area contributed by atoms with Crippen LogP contribution in [0.25, 0.3) is 16.0 Å². The number of aromatic nitrogens is 5. The van der Waals surface area contributed by atoms with Crippen molar-refractivity contribution in [2.24, 2.45) is 0 Å². The summed E-state index contributed by atoms with van der Waals surface area (Å²) in [5.41, 5.74) is 1.40. The van der Waals surface area contributed by atoms with Gasteiger partial charge in [0.25, 0.3) is 5.56 Å². The highest BCUT2D eigenvalue weighted by Crippen LogP contribution is 2.27. The average molecular weight is 533 g/mol. The third-order valence-corrected chi connectivity index (χ3v) is 7.82. The van der Waals surface area contributed by atoms with Crippen molar-refractivity contribution in [3.63, 3.8) is 0 Å². The van der Waals surface area contributed by atoms with Crippen molar-refractivity contribution < 1.29 is 13.9 Å². The van der Waals surface area contributed by atoms with E-state index in [0.29, 0.717) is 44.1 Å². The van der Waals surface area contributed by atoms with E-state index in [9.17, 15) is 14.0 Å². The number of nitrogens with one attached hydrogen (secondary N) is 2. The van der Waals surface area contributed by atoms with Crippen molar-refractivity contribution in [2.45, 2.75) is 37.6 Å². The van der Waals surface area contributed by atoms with Crippen molar-refractivity contribution in [3.05, 3.63) is 56.2 Å². The van der Waals surface area contributed by atoms with Crippen LogP contribution in [0.1, 0.15) is 18.5 Å². The molecule has 13 heteroatoms. The first-order valence-corrected chi connectivity index (χ1v) is 13.1. The van der Waals surface area contributed by atoms with Crippen LogP contribution in [0.2, 0.25) is 0 Å². The molecule has 1 aliphatic rings. The number of hydrogen-bond donors (Lipinski definition) is 2. The third kappa shape index (κ3) is 5.08. The summed E-state index contributed by atoms with van der Waals surface area (Å²) in [7, 11) is 0. The lowest BCUT2D eigenvalue weighted by Crippen LogP contribution is -2.23. The number of thiazole rings is 1. The summed E-state index contributed by atoms with van der Waals surface area (Å²) in [5, 5.41) is 9.79. The van der Waals surface area contributed by atoms with Gasteiger partial charge in [-0.2, -0.15) is 5.10 Å². The fourth-order valence-electron chi connectivity index (χ4n) is 3.84.